The topological polar surface area (TPSA) is 215 Å². The third-order valence-corrected chi connectivity index (χ3v) is 25.3. The van der Waals surface area contributed by atoms with Crippen LogP contribution in [0.1, 0.15) is 523 Å². The van der Waals surface area contributed by atoms with Crippen molar-refractivity contribution in [3.8, 4) is 0 Å². The van der Waals surface area contributed by atoms with Gasteiger partial charge < -0.3 is 0 Å². The van der Waals surface area contributed by atoms with Crippen LogP contribution in [0.3, 0.4) is 0 Å². The highest BCUT2D eigenvalue weighted by atomic mass is 15.5. The van der Waals surface area contributed by atoms with E-state index >= 15 is 0 Å². The van der Waals surface area contributed by atoms with Gasteiger partial charge in [0.25, 0.3) is 0 Å². The first-order valence-electron chi connectivity index (χ1n) is 57.3. The van der Waals surface area contributed by atoms with Crippen molar-refractivity contribution in [2.45, 2.75) is 574 Å². The Morgan fingerprint density at radius 1 is 0.162 bits per heavy atom. The van der Waals surface area contributed by atoms with Gasteiger partial charge in [0, 0.05) is 70.6 Å². The first-order valence-corrected chi connectivity index (χ1v) is 57.3. The molecule has 21 nitrogen and oxygen atoms in total. The normalized spacial score (nSPS) is 11.7. The van der Waals surface area contributed by atoms with E-state index in [0.29, 0.717) is 0 Å². The largest absolute Gasteiger partial charge is 0.252 e. The van der Waals surface area contributed by atoms with Crippen LogP contribution in [0.15, 0.2) is 43.4 Å². The van der Waals surface area contributed by atoms with Gasteiger partial charge in [-0.3, -0.25) is 18.7 Å². The van der Waals surface area contributed by atoms with Gasteiger partial charge in [-0.25, -0.2) is 14.0 Å². The van der Waals surface area contributed by atoms with Crippen molar-refractivity contribution in [3.05, 3.63) is 83.2 Å². The summed E-state index contributed by atoms with van der Waals surface area (Å²) in [7, 11) is 0. The Morgan fingerprint density at radius 2 is 0.338 bits per heavy atom. The maximum Gasteiger partial charge on any atom is 0.0827 e. The maximum atomic E-state index is 4.25. The van der Waals surface area contributed by atoms with Gasteiger partial charge in [0.2, 0.25) is 0 Å². The summed E-state index contributed by atoms with van der Waals surface area (Å²) < 4.78 is 14.4. The fourth-order valence-corrected chi connectivity index (χ4v) is 16.4. The Kier molecular flexibility index (Phi) is 79.7. The smallest absolute Gasteiger partial charge is 0.0827 e. The molecule has 0 saturated heterocycles. The van der Waals surface area contributed by atoms with Crippen LogP contribution in [0.4, 0.5) is 0 Å². The number of hydrogen-bond acceptors (Lipinski definition) is 14. The van der Waals surface area contributed by atoms with Crippen molar-refractivity contribution in [2.24, 2.45) is 82.9 Å². The zero-order valence-electron chi connectivity index (χ0n) is 94.7. The quantitative estimate of drug-likeness (QED) is 0.0324. The molecule has 7 heterocycles. The number of unbranched alkanes of at least 4 members (excludes halogenated alkanes) is 19. The van der Waals surface area contributed by atoms with Crippen LogP contribution in [-0.2, 0) is 90.8 Å². The third-order valence-electron chi connectivity index (χ3n) is 25.3. The van der Waals surface area contributed by atoms with E-state index in [1.807, 2.05) is 37.3 Å². The van der Waals surface area contributed by atoms with E-state index in [4.69, 9.17) is 0 Å². The minimum Gasteiger partial charge on any atom is -0.252 e. The molecule has 7 rings (SSSR count). The molecule has 788 valence electrons. The second-order valence-electron chi connectivity index (χ2n) is 46.5. The zero-order chi connectivity index (χ0) is 101. The molecule has 0 spiro atoms. The van der Waals surface area contributed by atoms with Crippen LogP contribution >= 0.6 is 0 Å². The van der Waals surface area contributed by atoms with E-state index in [9.17, 15) is 0 Å². The molecule has 0 atom stereocenters. The molecule has 0 aliphatic heterocycles. The lowest BCUT2D eigenvalue weighted by atomic mass is 10.0. The summed E-state index contributed by atoms with van der Waals surface area (Å²) >= 11 is 0. The fourth-order valence-electron chi connectivity index (χ4n) is 16.4. The molecule has 0 aromatic carbocycles. The standard InChI is InChI=1S/3C17H33N3.4C16H31N3/c2*1-15(2)10-6-5-7-12-17-14-18-19-20(17)13-9-8-11-16(3)4;1-15(2)10-7-5-6-8-12-17-14-18-19-20(17)13-9-11-16(3)4;2*1-14(2)9-6-5-7-12-19-13-16(17-18-19)11-8-10-15(3)4;2*1-14(2)9-7-5-6-8-12-19-13-16(17-18-19)11-10-15(3)4/h3*14-16H,5-13H2,1-4H3;4*13-15H,5-12H2,1-4H3. The highest BCUT2D eigenvalue weighted by Crippen LogP contribution is 2.22. The van der Waals surface area contributed by atoms with Gasteiger partial charge in [-0.05, 0) is 224 Å². The molecule has 0 unspecified atom stereocenters. The highest BCUT2D eigenvalue weighted by Gasteiger charge is 2.13. The van der Waals surface area contributed by atoms with Gasteiger partial charge in [-0.2, -0.15) is 0 Å². The van der Waals surface area contributed by atoms with Crippen LogP contribution in [0.5, 0.6) is 0 Å². The Hall–Kier alpha value is -6.02. The van der Waals surface area contributed by atoms with Crippen molar-refractivity contribution in [1.82, 2.24) is 105 Å². The number of nitrogens with zero attached hydrogens (tertiary/aromatic N) is 21. The highest BCUT2D eigenvalue weighted by molar-refractivity contribution is 4.98. The van der Waals surface area contributed by atoms with Gasteiger partial charge >= 0.3 is 0 Å². The summed E-state index contributed by atoms with van der Waals surface area (Å²) in [5.41, 5.74) is 8.56. The van der Waals surface area contributed by atoms with E-state index in [-0.39, 0.29) is 0 Å². The summed E-state index contributed by atoms with van der Waals surface area (Å²) in [6.07, 6.45) is 80.6. The minimum atomic E-state index is 0.742. The molecule has 0 radical (unpaired) electrons. The first kappa shape index (κ1) is 128. The summed E-state index contributed by atoms with van der Waals surface area (Å²) in [5, 5.41) is 58.7. The lowest BCUT2D eigenvalue weighted by molar-refractivity contribution is 0.468. The Bertz CT molecular complexity index is 3460. The SMILES string of the molecule is CC(C)CCCCCCc1cnnn1CCCC(C)C.CC(C)CCCCCCn1cc(CCC(C)C)nn1.CC(C)CCCCCCn1cc(CCC(C)C)nn1.CC(C)CCCCCc1cnnn1CCCCC(C)C.CC(C)CCCCCc1cnnn1CCCCC(C)C.CC(C)CCCCCn1cc(CCCC(C)C)nn1.CC(C)CCCCCn1cc(CCCC(C)C)nn1. The third kappa shape index (κ3) is 79.6. The van der Waals surface area contributed by atoms with Crippen molar-refractivity contribution < 1.29 is 0 Å². The van der Waals surface area contributed by atoms with Crippen LogP contribution in [0.25, 0.3) is 0 Å². The molecule has 21 heteroatoms. The summed E-state index contributed by atoms with van der Waals surface area (Å²) in [5.74, 6) is 11.3. The van der Waals surface area contributed by atoms with E-state index in [1.165, 1.54) is 306 Å². The molecule has 0 bridgehead atoms. The molecule has 136 heavy (non-hydrogen) atoms. The lowest BCUT2D eigenvalue weighted by Crippen LogP contribution is -2.06. The molecule has 0 N–H and O–H groups in total. The zero-order valence-corrected chi connectivity index (χ0v) is 94.7. The molecule has 0 fully saturated rings. The number of hydrogen-bond donors (Lipinski definition) is 0. The van der Waals surface area contributed by atoms with Gasteiger partial charge in [-0.1, -0.05) is 423 Å². The molecular weight excluding hydrogens is 1680 g/mol. The van der Waals surface area contributed by atoms with Crippen molar-refractivity contribution >= 4 is 0 Å². The molecule has 0 aliphatic rings. The Labute approximate surface area is 839 Å². The van der Waals surface area contributed by atoms with Crippen LogP contribution in [-0.4, -0.2) is 105 Å². The second kappa shape index (κ2) is 84.6. The summed E-state index contributed by atoms with van der Waals surface area (Å²) in [6, 6.07) is 0. The average molecular weight is 1900 g/mol. The van der Waals surface area contributed by atoms with Gasteiger partial charge in [0.1, 0.15) is 0 Å². The first-order chi connectivity index (χ1) is 65.1. The van der Waals surface area contributed by atoms with Gasteiger partial charge in [-0.15, -0.1) is 35.7 Å². The molecule has 0 amide bonds. The van der Waals surface area contributed by atoms with Gasteiger partial charge in [0.15, 0.2) is 0 Å². The van der Waals surface area contributed by atoms with E-state index in [1.54, 1.807) is 0 Å². The minimum absolute atomic E-state index is 0.742. The molecule has 7 aromatic rings. The lowest BCUT2D eigenvalue weighted by Gasteiger charge is -2.08. The number of aryl methyl sites for hydroxylation is 14. The van der Waals surface area contributed by atoms with Crippen LogP contribution in [0, 0.1) is 82.9 Å². The molecule has 7 aromatic heterocycles. The average Bonchev–Trinajstić information content (AvgIpc) is 1.76. The molecule has 0 saturated carbocycles. The maximum absolute atomic E-state index is 4.25. The Balaban J connectivity index is 0.000000793. The number of rotatable bonds is 73. The second-order valence-corrected chi connectivity index (χ2v) is 46.5. The van der Waals surface area contributed by atoms with E-state index in [0.717, 1.165) is 196 Å². The van der Waals surface area contributed by atoms with Crippen molar-refractivity contribution in [1.29, 1.82) is 0 Å². The predicted octanol–water partition coefficient (Wildman–Crippen LogP) is 32.5. The number of aromatic nitrogens is 21. The van der Waals surface area contributed by atoms with Crippen LogP contribution in [0.2, 0.25) is 0 Å². The van der Waals surface area contributed by atoms with Crippen molar-refractivity contribution in [2.75, 3.05) is 0 Å². The summed E-state index contributed by atoms with van der Waals surface area (Å²) in [6.45, 7) is 71.2. The Morgan fingerprint density at radius 3 is 0.581 bits per heavy atom. The van der Waals surface area contributed by atoms with Crippen molar-refractivity contribution in [3.63, 3.8) is 0 Å². The molecular formula is C115H223N21. The van der Waals surface area contributed by atoms with E-state index < -0.39 is 0 Å². The fraction of sp³-hybridized carbons (Fsp3) is 0.878. The van der Waals surface area contributed by atoms with Crippen LogP contribution < -0.4 is 0 Å². The summed E-state index contributed by atoms with van der Waals surface area (Å²) in [4.78, 5) is 0. The van der Waals surface area contributed by atoms with E-state index in [2.05, 4.69) is 305 Å². The predicted molar refractivity (Wildman–Crippen MR) is 582 cm³/mol. The monoisotopic (exact) mass is 1900 g/mol. The molecule has 0 aliphatic carbocycles. The van der Waals surface area contributed by atoms with Gasteiger partial charge in [0.05, 0.1) is 58.4 Å².